The van der Waals surface area contributed by atoms with Gasteiger partial charge in [-0.05, 0) is 30.7 Å². The van der Waals surface area contributed by atoms with Crippen LogP contribution in [-0.2, 0) is 9.59 Å². The minimum Gasteiger partial charge on any atom is -0.480 e. The van der Waals surface area contributed by atoms with Gasteiger partial charge in [-0.1, -0.05) is 52.0 Å². The predicted molar refractivity (Wildman–Crippen MR) is 86.3 cm³/mol. The van der Waals surface area contributed by atoms with Crippen molar-refractivity contribution >= 4 is 62.2 Å². The fourth-order valence-corrected chi connectivity index (χ4v) is 3.32. The van der Waals surface area contributed by atoms with Crippen molar-refractivity contribution < 1.29 is 14.7 Å². The van der Waals surface area contributed by atoms with Gasteiger partial charge in [-0.2, -0.15) is 0 Å². The molecule has 4 nitrogen and oxygen atoms in total. The number of hydrogen-bond donors (Lipinski definition) is 1. The van der Waals surface area contributed by atoms with Crippen LogP contribution in [0.2, 0.25) is 0 Å². The van der Waals surface area contributed by atoms with Crippen LogP contribution in [0.1, 0.15) is 12.5 Å². The number of carbonyl (C=O) groups excluding carboxylic acids is 1. The van der Waals surface area contributed by atoms with Gasteiger partial charge in [0.15, 0.2) is 0 Å². The number of nitrogens with zero attached hydrogens (tertiary/aromatic N) is 1. The number of carboxylic acids is 1. The van der Waals surface area contributed by atoms with Crippen molar-refractivity contribution in [3.8, 4) is 0 Å². The van der Waals surface area contributed by atoms with Crippen LogP contribution in [0.4, 0.5) is 0 Å². The van der Waals surface area contributed by atoms with E-state index in [9.17, 15) is 9.59 Å². The second-order valence-electron chi connectivity index (χ2n) is 4.12. The van der Waals surface area contributed by atoms with Crippen LogP contribution in [0.5, 0.6) is 0 Å². The Morgan fingerprint density at radius 3 is 2.60 bits per heavy atom. The Morgan fingerprint density at radius 1 is 1.45 bits per heavy atom. The molecule has 1 aliphatic rings. The van der Waals surface area contributed by atoms with Crippen molar-refractivity contribution in [2.75, 3.05) is 0 Å². The van der Waals surface area contributed by atoms with E-state index in [0.717, 1.165) is 26.7 Å². The third-order valence-corrected chi connectivity index (χ3v) is 4.60. The Bertz CT molecular complexity index is 613. The Kier molecular flexibility index (Phi) is 4.62. The quantitative estimate of drug-likeness (QED) is 0.653. The summed E-state index contributed by atoms with van der Waals surface area (Å²) in [5.74, 6) is -1.44. The molecule has 7 heteroatoms. The lowest BCUT2D eigenvalue weighted by molar-refractivity contribution is -0.144. The van der Waals surface area contributed by atoms with Crippen molar-refractivity contribution in [2.45, 2.75) is 13.0 Å². The number of thioether (sulfide) groups is 1. The van der Waals surface area contributed by atoms with E-state index in [2.05, 4.69) is 15.9 Å². The van der Waals surface area contributed by atoms with E-state index in [0.29, 0.717) is 4.91 Å². The number of halogens is 1. The van der Waals surface area contributed by atoms with Gasteiger partial charge in [0.2, 0.25) is 0 Å². The SMILES string of the molecule is C[C@H](C(=O)O)N1C(=O)C(=Cc2ccc(Br)cc2)SC1=S. The number of carboxylic acid groups (broad SMARTS) is 1. The van der Waals surface area contributed by atoms with Crippen molar-refractivity contribution in [1.29, 1.82) is 0 Å². The van der Waals surface area contributed by atoms with Gasteiger partial charge in [0, 0.05) is 4.47 Å². The molecule has 1 aromatic rings. The lowest BCUT2D eigenvalue weighted by Gasteiger charge is -2.18. The average molecular weight is 372 g/mol. The van der Waals surface area contributed by atoms with Gasteiger partial charge in [-0.15, -0.1) is 0 Å². The Hall–Kier alpha value is -1.18. The molecule has 1 fully saturated rings. The summed E-state index contributed by atoms with van der Waals surface area (Å²) >= 11 is 9.54. The maximum atomic E-state index is 12.2. The Balaban J connectivity index is 2.28. The van der Waals surface area contributed by atoms with Gasteiger partial charge in [0.05, 0.1) is 4.91 Å². The smallest absolute Gasteiger partial charge is 0.326 e. The molecule has 0 spiro atoms. The summed E-state index contributed by atoms with van der Waals surface area (Å²) in [6, 6.07) is 6.49. The predicted octanol–water partition coefficient (Wildman–Crippen LogP) is 3.12. The van der Waals surface area contributed by atoms with Crippen molar-refractivity contribution in [1.82, 2.24) is 4.90 Å². The molecule has 1 heterocycles. The van der Waals surface area contributed by atoms with Crippen LogP contribution in [0.25, 0.3) is 6.08 Å². The molecule has 1 amide bonds. The normalized spacial score (nSPS) is 18.7. The van der Waals surface area contributed by atoms with Crippen molar-refractivity contribution in [3.63, 3.8) is 0 Å². The highest BCUT2D eigenvalue weighted by Gasteiger charge is 2.38. The van der Waals surface area contributed by atoms with Gasteiger partial charge in [0.25, 0.3) is 5.91 Å². The van der Waals surface area contributed by atoms with Crippen LogP contribution in [0.15, 0.2) is 33.6 Å². The molecular weight excluding hydrogens is 362 g/mol. The first-order chi connectivity index (χ1) is 9.40. The first-order valence-corrected chi connectivity index (χ1v) is 7.67. The minimum absolute atomic E-state index is 0.272. The van der Waals surface area contributed by atoms with E-state index >= 15 is 0 Å². The lowest BCUT2D eigenvalue weighted by Crippen LogP contribution is -2.41. The number of thiocarbonyl (C=S) groups is 1. The summed E-state index contributed by atoms with van der Waals surface area (Å²) in [4.78, 5) is 24.8. The summed E-state index contributed by atoms with van der Waals surface area (Å²) in [6.45, 7) is 1.44. The van der Waals surface area contributed by atoms with Crippen LogP contribution < -0.4 is 0 Å². The van der Waals surface area contributed by atoms with Gasteiger partial charge in [0.1, 0.15) is 10.4 Å². The minimum atomic E-state index is -1.08. The third kappa shape index (κ3) is 3.11. The highest BCUT2D eigenvalue weighted by atomic mass is 79.9. The maximum absolute atomic E-state index is 12.2. The van der Waals surface area contributed by atoms with Gasteiger partial charge < -0.3 is 5.11 Å². The van der Waals surface area contributed by atoms with Crippen LogP contribution in [-0.4, -0.2) is 32.2 Å². The number of aliphatic carboxylic acids is 1. The molecule has 20 heavy (non-hydrogen) atoms. The first-order valence-electron chi connectivity index (χ1n) is 5.65. The molecule has 1 N–H and O–H groups in total. The summed E-state index contributed by atoms with van der Waals surface area (Å²) in [5.41, 5.74) is 0.858. The number of rotatable bonds is 3. The van der Waals surface area contributed by atoms with E-state index in [4.69, 9.17) is 17.3 Å². The molecule has 0 saturated carbocycles. The topological polar surface area (TPSA) is 57.6 Å². The molecule has 1 saturated heterocycles. The Morgan fingerprint density at radius 2 is 2.05 bits per heavy atom. The molecule has 0 bridgehead atoms. The van der Waals surface area contributed by atoms with Crippen LogP contribution in [0, 0.1) is 0 Å². The molecule has 0 aliphatic carbocycles. The number of carbonyl (C=O) groups is 2. The molecule has 0 aromatic heterocycles. The molecule has 1 aromatic carbocycles. The number of benzene rings is 1. The molecule has 0 unspecified atom stereocenters. The summed E-state index contributed by atoms with van der Waals surface area (Å²) in [6.07, 6.45) is 1.71. The largest absolute Gasteiger partial charge is 0.480 e. The average Bonchev–Trinajstić information content (AvgIpc) is 2.66. The Labute approximate surface area is 134 Å². The van der Waals surface area contributed by atoms with Crippen molar-refractivity contribution in [2.24, 2.45) is 0 Å². The summed E-state index contributed by atoms with van der Waals surface area (Å²) in [5, 5.41) is 9.00. The second-order valence-corrected chi connectivity index (χ2v) is 6.71. The highest BCUT2D eigenvalue weighted by Crippen LogP contribution is 2.34. The van der Waals surface area contributed by atoms with E-state index < -0.39 is 12.0 Å². The number of amides is 1. The first kappa shape index (κ1) is 15.2. The zero-order valence-electron chi connectivity index (χ0n) is 10.4. The zero-order valence-corrected chi connectivity index (χ0v) is 13.6. The van der Waals surface area contributed by atoms with Gasteiger partial charge in [-0.25, -0.2) is 4.79 Å². The van der Waals surface area contributed by atoms with Crippen molar-refractivity contribution in [3.05, 3.63) is 39.2 Å². The fraction of sp³-hybridized carbons (Fsp3) is 0.154. The molecule has 1 aliphatic heterocycles. The fourth-order valence-electron chi connectivity index (χ4n) is 1.63. The highest BCUT2D eigenvalue weighted by molar-refractivity contribution is 9.10. The maximum Gasteiger partial charge on any atom is 0.326 e. The lowest BCUT2D eigenvalue weighted by atomic mass is 10.2. The monoisotopic (exact) mass is 371 g/mol. The zero-order chi connectivity index (χ0) is 14.9. The summed E-state index contributed by atoms with van der Waals surface area (Å²) in [7, 11) is 0. The van der Waals surface area contributed by atoms with E-state index in [1.807, 2.05) is 24.3 Å². The van der Waals surface area contributed by atoms with E-state index in [-0.39, 0.29) is 10.2 Å². The van der Waals surface area contributed by atoms with E-state index in [1.54, 1.807) is 6.08 Å². The van der Waals surface area contributed by atoms with Gasteiger partial charge >= 0.3 is 5.97 Å². The van der Waals surface area contributed by atoms with Crippen LogP contribution >= 0.6 is 39.9 Å². The number of hydrogen-bond acceptors (Lipinski definition) is 4. The molecular formula is C13H10BrNO3S2. The molecule has 2 rings (SSSR count). The van der Waals surface area contributed by atoms with Crippen LogP contribution in [0.3, 0.4) is 0 Å². The van der Waals surface area contributed by atoms with Gasteiger partial charge in [-0.3, -0.25) is 9.69 Å². The molecule has 0 radical (unpaired) electrons. The standard InChI is InChI=1S/C13H10BrNO3S2/c1-7(12(17)18)15-11(16)10(20-13(15)19)6-8-2-4-9(14)5-3-8/h2-7H,1H3,(H,17,18)/t7-/m1/s1. The molecule has 1 atom stereocenters. The summed E-state index contributed by atoms with van der Waals surface area (Å²) < 4.78 is 1.22. The third-order valence-electron chi connectivity index (χ3n) is 2.74. The molecule has 104 valence electrons. The van der Waals surface area contributed by atoms with E-state index in [1.165, 1.54) is 6.92 Å². The second kappa shape index (κ2) is 6.07.